The van der Waals surface area contributed by atoms with Crippen LogP contribution in [0.1, 0.15) is 19.3 Å². The van der Waals surface area contributed by atoms with Crippen molar-refractivity contribution >= 4 is 16.9 Å². The van der Waals surface area contributed by atoms with E-state index in [4.69, 9.17) is 0 Å². The van der Waals surface area contributed by atoms with Gasteiger partial charge in [0, 0.05) is 25.1 Å². The molecule has 17 heavy (non-hydrogen) atoms. The van der Waals surface area contributed by atoms with Crippen molar-refractivity contribution < 1.29 is 8.78 Å². The number of nitrogens with zero attached hydrogens (tertiary/aromatic N) is 2. The molecule has 2 aromatic heterocycles. The van der Waals surface area contributed by atoms with Gasteiger partial charge in [-0.2, -0.15) is 0 Å². The SMILES string of the molecule is FC1(F)CCC(Nc2nccc3[nH]cnc23)C1. The molecule has 0 spiro atoms. The summed E-state index contributed by atoms with van der Waals surface area (Å²) in [5, 5.41) is 3.05. The summed E-state index contributed by atoms with van der Waals surface area (Å²) >= 11 is 0. The van der Waals surface area contributed by atoms with Gasteiger partial charge in [0.1, 0.15) is 5.52 Å². The van der Waals surface area contributed by atoms with Crippen LogP contribution in [0.3, 0.4) is 0 Å². The van der Waals surface area contributed by atoms with Crippen LogP contribution in [-0.4, -0.2) is 26.9 Å². The van der Waals surface area contributed by atoms with E-state index in [2.05, 4.69) is 20.3 Å². The molecule has 2 aromatic rings. The number of halogens is 2. The maximum Gasteiger partial charge on any atom is 0.250 e. The summed E-state index contributed by atoms with van der Waals surface area (Å²) in [6, 6.07) is 1.58. The quantitative estimate of drug-likeness (QED) is 0.845. The third-order valence-electron chi connectivity index (χ3n) is 3.08. The summed E-state index contributed by atoms with van der Waals surface area (Å²) in [4.78, 5) is 11.2. The lowest BCUT2D eigenvalue weighted by Gasteiger charge is -2.13. The summed E-state index contributed by atoms with van der Waals surface area (Å²) < 4.78 is 26.1. The lowest BCUT2D eigenvalue weighted by atomic mass is 10.2. The van der Waals surface area contributed by atoms with Gasteiger partial charge in [-0.1, -0.05) is 0 Å². The Morgan fingerprint density at radius 2 is 2.29 bits per heavy atom. The molecule has 3 rings (SSSR count). The highest BCUT2D eigenvalue weighted by Gasteiger charge is 2.39. The van der Waals surface area contributed by atoms with Gasteiger partial charge in [-0.25, -0.2) is 18.7 Å². The van der Waals surface area contributed by atoms with Crippen molar-refractivity contribution in [3.05, 3.63) is 18.6 Å². The number of fused-ring (bicyclic) bond motifs is 1. The van der Waals surface area contributed by atoms with E-state index < -0.39 is 5.92 Å². The van der Waals surface area contributed by atoms with Crippen LogP contribution in [0.15, 0.2) is 18.6 Å². The van der Waals surface area contributed by atoms with Gasteiger partial charge < -0.3 is 10.3 Å². The van der Waals surface area contributed by atoms with E-state index in [0.717, 1.165) is 5.52 Å². The highest BCUT2D eigenvalue weighted by molar-refractivity contribution is 5.85. The van der Waals surface area contributed by atoms with E-state index >= 15 is 0 Å². The van der Waals surface area contributed by atoms with Crippen molar-refractivity contribution in [2.45, 2.75) is 31.2 Å². The molecule has 0 saturated heterocycles. The molecule has 1 aliphatic rings. The second-order valence-electron chi connectivity index (χ2n) is 4.40. The van der Waals surface area contributed by atoms with Gasteiger partial charge >= 0.3 is 0 Å². The number of nitrogens with one attached hydrogen (secondary N) is 2. The summed E-state index contributed by atoms with van der Waals surface area (Å²) in [7, 11) is 0. The van der Waals surface area contributed by atoms with Gasteiger partial charge in [0.15, 0.2) is 5.82 Å². The topological polar surface area (TPSA) is 53.6 Å². The summed E-state index contributed by atoms with van der Waals surface area (Å²) in [5.41, 5.74) is 1.55. The number of aromatic amines is 1. The monoisotopic (exact) mass is 238 g/mol. The zero-order valence-corrected chi connectivity index (χ0v) is 9.08. The Labute approximate surface area is 96.5 Å². The highest BCUT2D eigenvalue weighted by Crippen LogP contribution is 2.36. The van der Waals surface area contributed by atoms with E-state index in [0.29, 0.717) is 17.8 Å². The fraction of sp³-hybridized carbons (Fsp3) is 0.455. The summed E-state index contributed by atoms with van der Waals surface area (Å²) in [6.45, 7) is 0. The molecule has 2 heterocycles. The Bertz CT molecular complexity index is 537. The zero-order chi connectivity index (χ0) is 11.9. The normalized spacial score (nSPS) is 23.1. The predicted molar refractivity (Wildman–Crippen MR) is 60.1 cm³/mol. The number of anilines is 1. The maximum atomic E-state index is 13.1. The molecule has 1 atom stereocenters. The van der Waals surface area contributed by atoms with E-state index in [9.17, 15) is 8.78 Å². The van der Waals surface area contributed by atoms with E-state index in [1.54, 1.807) is 18.6 Å². The fourth-order valence-electron chi connectivity index (χ4n) is 2.24. The lowest BCUT2D eigenvalue weighted by Crippen LogP contribution is -2.19. The second kappa shape index (κ2) is 3.65. The van der Waals surface area contributed by atoms with Crippen molar-refractivity contribution in [2.24, 2.45) is 0 Å². The molecule has 0 bridgehead atoms. The smallest absolute Gasteiger partial charge is 0.250 e. The van der Waals surface area contributed by atoms with Crippen LogP contribution in [0.2, 0.25) is 0 Å². The van der Waals surface area contributed by atoms with Gasteiger partial charge in [0.2, 0.25) is 5.92 Å². The first kappa shape index (κ1) is 10.4. The Kier molecular flexibility index (Phi) is 2.24. The standard InChI is InChI=1S/C11H12F2N4/c12-11(13)3-1-7(5-11)17-10-9-8(2-4-14-10)15-6-16-9/h2,4,6-7H,1,3,5H2,(H,14,17)(H,15,16). The Morgan fingerprint density at radius 3 is 3.06 bits per heavy atom. The minimum Gasteiger partial charge on any atom is -0.365 e. The van der Waals surface area contributed by atoms with Crippen LogP contribution in [-0.2, 0) is 0 Å². The fourth-order valence-corrected chi connectivity index (χ4v) is 2.24. The minimum atomic E-state index is -2.54. The Hall–Kier alpha value is -1.72. The molecular formula is C11H12F2N4. The maximum absolute atomic E-state index is 13.1. The minimum absolute atomic E-state index is 0.0544. The van der Waals surface area contributed by atoms with Gasteiger partial charge in [-0.15, -0.1) is 0 Å². The van der Waals surface area contributed by atoms with Crippen molar-refractivity contribution in [2.75, 3.05) is 5.32 Å². The molecule has 6 heteroatoms. The Balaban J connectivity index is 1.84. The van der Waals surface area contributed by atoms with E-state index in [1.165, 1.54) is 0 Å². The molecule has 0 aromatic carbocycles. The molecule has 1 aliphatic carbocycles. The largest absolute Gasteiger partial charge is 0.365 e. The third kappa shape index (κ3) is 1.94. The molecule has 1 saturated carbocycles. The summed E-state index contributed by atoms with van der Waals surface area (Å²) in [5.74, 6) is -1.97. The number of rotatable bonds is 2. The number of aromatic nitrogens is 3. The number of hydrogen-bond donors (Lipinski definition) is 2. The van der Waals surface area contributed by atoms with Crippen molar-refractivity contribution in [3.8, 4) is 0 Å². The van der Waals surface area contributed by atoms with Crippen molar-refractivity contribution in [3.63, 3.8) is 0 Å². The Morgan fingerprint density at radius 1 is 1.41 bits per heavy atom. The average molecular weight is 238 g/mol. The third-order valence-corrected chi connectivity index (χ3v) is 3.08. The molecule has 0 aliphatic heterocycles. The average Bonchev–Trinajstić information content (AvgIpc) is 2.85. The van der Waals surface area contributed by atoms with E-state index in [1.807, 2.05) is 0 Å². The first-order chi connectivity index (χ1) is 8.14. The molecule has 90 valence electrons. The van der Waals surface area contributed by atoms with Crippen LogP contribution < -0.4 is 5.32 Å². The number of hydrogen-bond acceptors (Lipinski definition) is 3. The zero-order valence-electron chi connectivity index (χ0n) is 9.08. The predicted octanol–water partition coefficient (Wildman–Crippen LogP) is 2.56. The van der Waals surface area contributed by atoms with Gasteiger partial charge in [-0.3, -0.25) is 0 Å². The van der Waals surface area contributed by atoms with Crippen LogP contribution in [0.5, 0.6) is 0 Å². The number of alkyl halides is 2. The van der Waals surface area contributed by atoms with Gasteiger partial charge in [0.25, 0.3) is 0 Å². The van der Waals surface area contributed by atoms with Crippen LogP contribution in [0, 0.1) is 0 Å². The summed E-state index contributed by atoms with van der Waals surface area (Å²) in [6.07, 6.45) is 3.49. The van der Waals surface area contributed by atoms with Gasteiger partial charge in [-0.05, 0) is 12.5 Å². The van der Waals surface area contributed by atoms with Crippen LogP contribution in [0.4, 0.5) is 14.6 Å². The van der Waals surface area contributed by atoms with Gasteiger partial charge in [0.05, 0.1) is 11.8 Å². The molecule has 0 radical (unpaired) electrons. The van der Waals surface area contributed by atoms with Crippen LogP contribution >= 0.6 is 0 Å². The molecule has 1 unspecified atom stereocenters. The van der Waals surface area contributed by atoms with Crippen molar-refractivity contribution in [1.29, 1.82) is 0 Å². The number of imidazole rings is 1. The lowest BCUT2D eigenvalue weighted by molar-refractivity contribution is 0.00852. The molecule has 1 fully saturated rings. The first-order valence-corrected chi connectivity index (χ1v) is 5.56. The highest BCUT2D eigenvalue weighted by atomic mass is 19.3. The first-order valence-electron chi connectivity index (χ1n) is 5.56. The molecule has 2 N–H and O–H groups in total. The molecule has 4 nitrogen and oxygen atoms in total. The molecular weight excluding hydrogens is 226 g/mol. The number of H-pyrrole nitrogens is 1. The van der Waals surface area contributed by atoms with Crippen molar-refractivity contribution in [1.82, 2.24) is 15.0 Å². The van der Waals surface area contributed by atoms with E-state index in [-0.39, 0.29) is 18.9 Å². The molecule has 0 amide bonds. The second-order valence-corrected chi connectivity index (χ2v) is 4.40. The number of pyridine rings is 1. The van der Waals surface area contributed by atoms with Crippen LogP contribution in [0.25, 0.3) is 11.0 Å².